The summed E-state index contributed by atoms with van der Waals surface area (Å²) in [5.41, 5.74) is 0.808. The quantitative estimate of drug-likeness (QED) is 0.493. The summed E-state index contributed by atoms with van der Waals surface area (Å²) in [5.74, 6) is -0.371. The Morgan fingerprint density at radius 2 is 1.76 bits per heavy atom. The number of rotatable bonds is 7. The number of hydrogen-bond donors (Lipinski definition) is 0. The number of halogens is 1. The molecular formula is C21H23ClN2O4S. The zero-order valence-electron chi connectivity index (χ0n) is 16.2. The Morgan fingerprint density at radius 3 is 2.34 bits per heavy atom. The summed E-state index contributed by atoms with van der Waals surface area (Å²) in [4.78, 5) is 41.4. The first-order valence-electron chi connectivity index (χ1n) is 9.41. The molecule has 0 N–H and O–H groups in total. The van der Waals surface area contributed by atoms with E-state index < -0.39 is 6.04 Å². The van der Waals surface area contributed by atoms with E-state index >= 15 is 0 Å². The van der Waals surface area contributed by atoms with Crippen LogP contribution in [0.5, 0.6) is 0 Å². The van der Waals surface area contributed by atoms with E-state index in [-0.39, 0.29) is 30.5 Å². The number of benzene rings is 1. The third-order valence-electron chi connectivity index (χ3n) is 5.00. The van der Waals surface area contributed by atoms with Crippen LogP contribution in [0.1, 0.15) is 34.1 Å². The molecule has 1 saturated heterocycles. The molecule has 3 rings (SSSR count). The molecule has 0 radical (unpaired) electrons. The minimum absolute atomic E-state index is 0.000444. The van der Waals surface area contributed by atoms with Crippen LogP contribution in [-0.4, -0.2) is 60.7 Å². The van der Waals surface area contributed by atoms with E-state index in [9.17, 15) is 14.4 Å². The van der Waals surface area contributed by atoms with Crippen LogP contribution in [0.2, 0.25) is 5.02 Å². The fraction of sp³-hybridized carbons (Fsp3) is 0.381. The molecular weight excluding hydrogens is 412 g/mol. The first-order valence-corrected chi connectivity index (χ1v) is 10.7. The van der Waals surface area contributed by atoms with Crippen molar-refractivity contribution >= 4 is 40.6 Å². The number of piperazine rings is 1. The van der Waals surface area contributed by atoms with Gasteiger partial charge in [0.15, 0.2) is 5.78 Å². The number of carbonyl (C=O) groups excluding carboxylic acids is 3. The molecule has 1 amide bonds. The van der Waals surface area contributed by atoms with Gasteiger partial charge in [-0.3, -0.25) is 14.5 Å². The van der Waals surface area contributed by atoms with Gasteiger partial charge in [-0.05, 0) is 29.1 Å². The molecule has 154 valence electrons. The Morgan fingerprint density at radius 1 is 1.07 bits per heavy atom. The molecule has 0 bridgehead atoms. The minimum Gasteiger partial charge on any atom is -0.468 e. The van der Waals surface area contributed by atoms with Crippen LogP contribution in [0, 0.1) is 0 Å². The van der Waals surface area contributed by atoms with Crippen LogP contribution in [0.15, 0.2) is 41.8 Å². The summed E-state index contributed by atoms with van der Waals surface area (Å²) in [6.07, 6.45) is 0.420. The predicted octanol–water partition coefficient (Wildman–Crippen LogP) is 3.42. The summed E-state index contributed by atoms with van der Waals surface area (Å²) < 4.78 is 4.99. The van der Waals surface area contributed by atoms with Crippen molar-refractivity contribution in [3.8, 4) is 0 Å². The smallest absolute Gasteiger partial charge is 0.327 e. The molecule has 0 aliphatic carbocycles. The summed E-state index contributed by atoms with van der Waals surface area (Å²) in [6, 6.07) is 10.2. The van der Waals surface area contributed by atoms with Crippen molar-refractivity contribution in [2.24, 2.45) is 0 Å². The molecule has 1 fully saturated rings. The van der Waals surface area contributed by atoms with Crippen LogP contribution in [0.4, 0.5) is 0 Å². The highest BCUT2D eigenvalue weighted by Crippen LogP contribution is 2.25. The Balaban J connectivity index is 1.56. The predicted molar refractivity (Wildman–Crippen MR) is 112 cm³/mol. The van der Waals surface area contributed by atoms with Crippen molar-refractivity contribution in [3.05, 3.63) is 57.2 Å². The van der Waals surface area contributed by atoms with Crippen molar-refractivity contribution in [2.75, 3.05) is 33.3 Å². The number of amides is 1. The van der Waals surface area contributed by atoms with Crippen molar-refractivity contribution in [2.45, 2.75) is 18.9 Å². The lowest BCUT2D eigenvalue weighted by atomic mass is 10.0. The Hall–Kier alpha value is -2.22. The first kappa shape index (κ1) is 21.5. The number of hydrogen-bond acceptors (Lipinski definition) is 6. The Kier molecular flexibility index (Phi) is 7.41. The van der Waals surface area contributed by atoms with Gasteiger partial charge in [0.25, 0.3) is 0 Å². The average Bonchev–Trinajstić information content (AvgIpc) is 3.28. The molecule has 2 aromatic rings. The molecule has 2 heterocycles. The number of thiophene rings is 1. The van der Waals surface area contributed by atoms with Gasteiger partial charge in [-0.2, -0.15) is 0 Å². The molecule has 1 atom stereocenters. The van der Waals surface area contributed by atoms with Gasteiger partial charge in [-0.1, -0.05) is 29.8 Å². The lowest BCUT2D eigenvalue weighted by molar-refractivity contribution is -0.148. The molecule has 1 aliphatic rings. The molecule has 0 spiro atoms. The number of carbonyl (C=O) groups is 3. The number of ketones is 1. The maximum atomic E-state index is 12.5. The molecule has 1 aromatic heterocycles. The van der Waals surface area contributed by atoms with Gasteiger partial charge >= 0.3 is 5.97 Å². The molecule has 1 aromatic carbocycles. The summed E-state index contributed by atoms with van der Waals surface area (Å²) in [6.45, 7) is 2.11. The second-order valence-electron chi connectivity index (χ2n) is 6.79. The highest BCUT2D eigenvalue weighted by molar-refractivity contribution is 7.12. The van der Waals surface area contributed by atoms with Crippen molar-refractivity contribution in [1.29, 1.82) is 0 Å². The Bertz CT molecular complexity index is 846. The van der Waals surface area contributed by atoms with Gasteiger partial charge in [0.1, 0.15) is 6.04 Å². The highest BCUT2D eigenvalue weighted by atomic mass is 35.5. The highest BCUT2D eigenvalue weighted by Gasteiger charge is 2.32. The zero-order chi connectivity index (χ0) is 20.8. The normalized spacial score (nSPS) is 15.7. The van der Waals surface area contributed by atoms with E-state index in [0.717, 1.165) is 5.56 Å². The van der Waals surface area contributed by atoms with Gasteiger partial charge in [0, 0.05) is 44.0 Å². The van der Waals surface area contributed by atoms with Gasteiger partial charge in [-0.25, -0.2) is 4.79 Å². The van der Waals surface area contributed by atoms with Crippen LogP contribution in [0.3, 0.4) is 0 Å². The number of nitrogens with zero attached hydrogens (tertiary/aromatic N) is 2. The molecule has 1 unspecified atom stereocenters. The van der Waals surface area contributed by atoms with E-state index in [1.807, 2.05) is 28.5 Å². The largest absolute Gasteiger partial charge is 0.468 e. The third-order valence-corrected chi connectivity index (χ3v) is 6.17. The van der Waals surface area contributed by atoms with Gasteiger partial charge in [-0.15, -0.1) is 11.3 Å². The minimum atomic E-state index is -0.532. The maximum Gasteiger partial charge on any atom is 0.327 e. The molecule has 1 aliphatic heterocycles. The number of methoxy groups -OCH3 is 1. The fourth-order valence-corrected chi connectivity index (χ4v) is 4.24. The van der Waals surface area contributed by atoms with E-state index in [4.69, 9.17) is 16.3 Å². The average molecular weight is 435 g/mol. The van der Waals surface area contributed by atoms with Crippen molar-refractivity contribution < 1.29 is 19.1 Å². The Labute approximate surface area is 179 Å². The SMILES string of the molecule is COC(=O)C(c1ccc(Cl)cc1)N1CCN(C(=O)CCC(=O)c2cccs2)CC1. The van der Waals surface area contributed by atoms with E-state index in [2.05, 4.69) is 0 Å². The van der Waals surface area contributed by atoms with Crippen molar-refractivity contribution in [3.63, 3.8) is 0 Å². The first-order chi connectivity index (χ1) is 14.0. The number of esters is 1. The maximum absolute atomic E-state index is 12.5. The molecule has 6 nitrogen and oxygen atoms in total. The number of Topliss-reactive ketones (excluding diaryl/α,β-unsaturated/α-hetero) is 1. The van der Waals surface area contributed by atoms with E-state index in [0.29, 0.717) is 36.1 Å². The monoisotopic (exact) mass is 434 g/mol. The van der Waals surface area contributed by atoms with Crippen LogP contribution < -0.4 is 0 Å². The fourth-order valence-electron chi connectivity index (χ4n) is 3.42. The molecule has 8 heteroatoms. The summed E-state index contributed by atoms with van der Waals surface area (Å²) >= 11 is 7.35. The van der Waals surface area contributed by atoms with Gasteiger partial charge in [0.05, 0.1) is 12.0 Å². The second-order valence-corrected chi connectivity index (χ2v) is 8.18. The topological polar surface area (TPSA) is 66.9 Å². The van der Waals surface area contributed by atoms with Gasteiger partial charge < -0.3 is 9.64 Å². The van der Waals surface area contributed by atoms with Gasteiger partial charge in [0.2, 0.25) is 5.91 Å². The lowest BCUT2D eigenvalue weighted by Gasteiger charge is -2.38. The van der Waals surface area contributed by atoms with E-state index in [1.165, 1.54) is 18.4 Å². The van der Waals surface area contributed by atoms with Crippen LogP contribution in [0.25, 0.3) is 0 Å². The summed E-state index contributed by atoms with van der Waals surface area (Å²) in [5, 5.41) is 2.46. The zero-order valence-corrected chi connectivity index (χ0v) is 17.7. The second kappa shape index (κ2) is 10.0. The van der Waals surface area contributed by atoms with Crippen LogP contribution >= 0.6 is 22.9 Å². The van der Waals surface area contributed by atoms with Crippen LogP contribution in [-0.2, 0) is 14.3 Å². The lowest BCUT2D eigenvalue weighted by Crippen LogP contribution is -2.51. The summed E-state index contributed by atoms with van der Waals surface area (Å²) in [7, 11) is 1.37. The van der Waals surface area contributed by atoms with Crippen molar-refractivity contribution in [1.82, 2.24) is 9.80 Å². The molecule has 29 heavy (non-hydrogen) atoms. The number of ether oxygens (including phenoxy) is 1. The third kappa shape index (κ3) is 5.44. The molecule has 0 saturated carbocycles. The standard InChI is InChI=1S/C21H23ClN2O4S/c1-28-21(27)20(15-4-6-16(22)7-5-15)24-12-10-23(11-13-24)19(26)9-8-17(25)18-3-2-14-29-18/h2-7,14,20H,8-13H2,1H3. The van der Waals surface area contributed by atoms with E-state index in [1.54, 1.807) is 23.1 Å².